The Bertz CT molecular complexity index is 420. The third kappa shape index (κ3) is 2.04. The van der Waals surface area contributed by atoms with Crippen molar-refractivity contribution in [1.82, 2.24) is 5.32 Å². The van der Waals surface area contributed by atoms with Crippen molar-refractivity contribution in [3.8, 4) is 0 Å². The van der Waals surface area contributed by atoms with E-state index in [-0.39, 0.29) is 5.56 Å². The minimum absolute atomic E-state index is 0.0191. The summed E-state index contributed by atoms with van der Waals surface area (Å²) in [7, 11) is 0. The van der Waals surface area contributed by atoms with E-state index >= 15 is 0 Å². The van der Waals surface area contributed by atoms with Gasteiger partial charge in [0.2, 0.25) is 0 Å². The van der Waals surface area contributed by atoms with E-state index in [9.17, 15) is 13.6 Å². The van der Waals surface area contributed by atoms with Crippen LogP contribution in [0.1, 0.15) is 23.1 Å². The van der Waals surface area contributed by atoms with Gasteiger partial charge in [-0.15, -0.1) is 0 Å². The van der Waals surface area contributed by atoms with Crippen molar-refractivity contribution in [2.75, 3.05) is 0 Å². The fraction of sp³-hybridized carbons (Fsp3) is 0.364. The maximum Gasteiger partial charge on any atom is 0.321 e. The Morgan fingerprint density at radius 1 is 1.44 bits per heavy atom. The SMILES string of the molecule is O=C(O)[C@H]1Cc2ccc(C(F)F)cc2CN1. The number of halogens is 2. The lowest BCUT2D eigenvalue weighted by atomic mass is 9.94. The number of hydrogen-bond acceptors (Lipinski definition) is 2. The molecule has 1 atom stereocenters. The lowest BCUT2D eigenvalue weighted by molar-refractivity contribution is -0.139. The Kier molecular flexibility index (Phi) is 2.87. The van der Waals surface area contributed by atoms with Crippen LogP contribution in [0.3, 0.4) is 0 Å². The molecule has 86 valence electrons. The van der Waals surface area contributed by atoms with Gasteiger partial charge in [0.1, 0.15) is 6.04 Å². The number of carboxylic acids is 1. The zero-order valence-corrected chi connectivity index (χ0v) is 8.41. The number of carboxylic acid groups (broad SMARTS) is 1. The molecule has 0 aliphatic carbocycles. The number of fused-ring (bicyclic) bond motifs is 1. The molecule has 0 saturated carbocycles. The fourth-order valence-corrected chi connectivity index (χ4v) is 1.85. The van der Waals surface area contributed by atoms with Crippen molar-refractivity contribution in [2.24, 2.45) is 0 Å². The topological polar surface area (TPSA) is 49.3 Å². The number of nitrogens with one attached hydrogen (secondary N) is 1. The van der Waals surface area contributed by atoms with E-state index in [0.717, 1.165) is 11.1 Å². The van der Waals surface area contributed by atoms with Gasteiger partial charge in [0, 0.05) is 12.1 Å². The van der Waals surface area contributed by atoms with Crippen LogP contribution in [0.2, 0.25) is 0 Å². The van der Waals surface area contributed by atoms with Crippen LogP contribution in [0.25, 0.3) is 0 Å². The van der Waals surface area contributed by atoms with Crippen LogP contribution in [0, 0.1) is 0 Å². The number of hydrogen-bond donors (Lipinski definition) is 2. The van der Waals surface area contributed by atoms with E-state index in [1.165, 1.54) is 12.1 Å². The van der Waals surface area contributed by atoms with Gasteiger partial charge >= 0.3 is 5.97 Å². The molecular weight excluding hydrogens is 216 g/mol. The summed E-state index contributed by atoms with van der Waals surface area (Å²) >= 11 is 0. The maximum absolute atomic E-state index is 12.4. The third-order valence-corrected chi connectivity index (χ3v) is 2.74. The lowest BCUT2D eigenvalue weighted by Crippen LogP contribution is -2.41. The second-order valence-corrected chi connectivity index (χ2v) is 3.80. The molecule has 0 radical (unpaired) electrons. The Hall–Kier alpha value is -1.49. The summed E-state index contributed by atoms with van der Waals surface area (Å²) < 4.78 is 24.9. The highest BCUT2D eigenvalue weighted by Gasteiger charge is 2.24. The smallest absolute Gasteiger partial charge is 0.321 e. The molecule has 0 aromatic heterocycles. The molecule has 1 aliphatic rings. The van der Waals surface area contributed by atoms with Gasteiger partial charge in [-0.05, 0) is 23.6 Å². The van der Waals surface area contributed by atoms with E-state index in [2.05, 4.69) is 5.32 Å². The number of rotatable bonds is 2. The fourth-order valence-electron chi connectivity index (χ4n) is 1.85. The van der Waals surface area contributed by atoms with E-state index in [4.69, 9.17) is 5.11 Å². The van der Waals surface area contributed by atoms with Crippen molar-refractivity contribution in [2.45, 2.75) is 25.4 Å². The summed E-state index contributed by atoms with van der Waals surface area (Å²) in [6, 6.07) is 3.76. The Morgan fingerprint density at radius 2 is 2.19 bits per heavy atom. The summed E-state index contributed by atoms with van der Waals surface area (Å²) in [5.41, 5.74) is 1.57. The van der Waals surface area contributed by atoms with Crippen molar-refractivity contribution in [3.63, 3.8) is 0 Å². The van der Waals surface area contributed by atoms with Crippen LogP contribution in [0.15, 0.2) is 18.2 Å². The van der Waals surface area contributed by atoms with Crippen LogP contribution in [0.4, 0.5) is 8.78 Å². The Morgan fingerprint density at radius 3 is 2.81 bits per heavy atom. The molecule has 1 aromatic rings. The highest BCUT2D eigenvalue weighted by atomic mass is 19.3. The molecule has 0 saturated heterocycles. The third-order valence-electron chi connectivity index (χ3n) is 2.74. The molecule has 1 aliphatic heterocycles. The molecule has 0 unspecified atom stereocenters. The molecule has 5 heteroatoms. The normalized spacial score (nSPS) is 19.6. The standard InChI is InChI=1S/C11H11F2NO2/c12-10(13)7-2-1-6-4-9(11(15)16)14-5-8(6)3-7/h1-3,9-10,14H,4-5H2,(H,15,16)/t9-/m1/s1. The Balaban J connectivity index is 2.25. The Labute approximate surface area is 91.1 Å². The molecule has 0 spiro atoms. The molecule has 16 heavy (non-hydrogen) atoms. The average Bonchev–Trinajstić information content (AvgIpc) is 2.27. The number of carbonyl (C=O) groups is 1. The first-order valence-corrected chi connectivity index (χ1v) is 4.94. The number of alkyl halides is 2. The van der Waals surface area contributed by atoms with Crippen molar-refractivity contribution in [3.05, 3.63) is 34.9 Å². The molecule has 2 rings (SSSR count). The van der Waals surface area contributed by atoms with E-state index in [1.807, 2.05) is 0 Å². The quantitative estimate of drug-likeness (QED) is 0.808. The van der Waals surface area contributed by atoms with Gasteiger partial charge in [0.15, 0.2) is 0 Å². The largest absolute Gasteiger partial charge is 0.480 e. The predicted octanol–water partition coefficient (Wildman–Crippen LogP) is 1.72. The molecule has 0 fully saturated rings. The second-order valence-electron chi connectivity index (χ2n) is 3.80. The van der Waals surface area contributed by atoms with E-state index in [1.54, 1.807) is 6.07 Å². The summed E-state index contributed by atoms with van der Waals surface area (Å²) in [6.45, 7) is 0.326. The molecule has 0 bridgehead atoms. The molecule has 1 heterocycles. The van der Waals surface area contributed by atoms with Gasteiger partial charge in [-0.3, -0.25) is 4.79 Å². The highest BCUT2D eigenvalue weighted by Crippen LogP contribution is 2.24. The number of benzene rings is 1. The van der Waals surface area contributed by atoms with Crippen molar-refractivity contribution in [1.29, 1.82) is 0 Å². The van der Waals surface area contributed by atoms with Gasteiger partial charge in [0.05, 0.1) is 0 Å². The summed E-state index contributed by atoms with van der Waals surface area (Å²) in [5, 5.41) is 11.6. The minimum atomic E-state index is -2.48. The van der Waals surface area contributed by atoms with Crippen molar-refractivity contribution < 1.29 is 18.7 Å². The van der Waals surface area contributed by atoms with Gasteiger partial charge in [-0.1, -0.05) is 12.1 Å². The molecule has 2 N–H and O–H groups in total. The summed E-state index contributed by atoms with van der Waals surface area (Å²) in [6.07, 6.45) is -2.14. The van der Waals surface area contributed by atoms with E-state index in [0.29, 0.717) is 13.0 Å². The molecule has 3 nitrogen and oxygen atoms in total. The zero-order valence-electron chi connectivity index (χ0n) is 8.41. The average molecular weight is 227 g/mol. The molecular formula is C11H11F2NO2. The van der Waals surface area contributed by atoms with Gasteiger partial charge < -0.3 is 10.4 Å². The second kappa shape index (κ2) is 4.17. The highest BCUT2D eigenvalue weighted by molar-refractivity contribution is 5.74. The van der Waals surface area contributed by atoms with Gasteiger partial charge in [-0.25, -0.2) is 8.78 Å². The maximum atomic E-state index is 12.4. The molecule has 1 aromatic carbocycles. The van der Waals surface area contributed by atoms with Crippen LogP contribution in [0.5, 0.6) is 0 Å². The van der Waals surface area contributed by atoms with Crippen LogP contribution >= 0.6 is 0 Å². The minimum Gasteiger partial charge on any atom is -0.480 e. The monoisotopic (exact) mass is 227 g/mol. The molecule has 0 amide bonds. The van der Waals surface area contributed by atoms with Gasteiger partial charge in [-0.2, -0.15) is 0 Å². The zero-order chi connectivity index (χ0) is 11.7. The summed E-state index contributed by atoms with van der Waals surface area (Å²) in [4.78, 5) is 10.8. The first-order chi connectivity index (χ1) is 7.58. The number of aliphatic carboxylic acids is 1. The van der Waals surface area contributed by atoms with Crippen LogP contribution in [-0.2, 0) is 17.8 Å². The van der Waals surface area contributed by atoms with Gasteiger partial charge in [0.25, 0.3) is 6.43 Å². The first-order valence-electron chi connectivity index (χ1n) is 4.94. The van der Waals surface area contributed by atoms with Crippen LogP contribution in [-0.4, -0.2) is 17.1 Å². The summed E-state index contributed by atoms with van der Waals surface area (Å²) in [5.74, 6) is -0.913. The van der Waals surface area contributed by atoms with E-state index < -0.39 is 18.4 Å². The first kappa shape index (κ1) is 11.0. The predicted molar refractivity (Wildman–Crippen MR) is 53.4 cm³/mol. The lowest BCUT2D eigenvalue weighted by Gasteiger charge is -2.23. The van der Waals surface area contributed by atoms with Crippen LogP contribution < -0.4 is 5.32 Å². The van der Waals surface area contributed by atoms with Crippen molar-refractivity contribution >= 4 is 5.97 Å².